The van der Waals surface area contributed by atoms with Crippen LogP contribution in [0.3, 0.4) is 0 Å². The van der Waals surface area contributed by atoms with Gasteiger partial charge in [0, 0.05) is 5.39 Å². The molecule has 0 spiro atoms. The number of aromatic nitrogens is 3. The molecule has 0 atom stereocenters. The Balaban J connectivity index is 2.21. The van der Waals surface area contributed by atoms with Crippen molar-refractivity contribution in [2.24, 2.45) is 0 Å². The number of halogens is 1. The minimum Gasteiger partial charge on any atom is -0.323 e. The largest absolute Gasteiger partial charge is 0.323 e. The fourth-order valence-corrected chi connectivity index (χ4v) is 2.91. The van der Waals surface area contributed by atoms with Gasteiger partial charge in [-0.15, -0.1) is 0 Å². The first-order chi connectivity index (χ1) is 10.4. The van der Waals surface area contributed by atoms with Gasteiger partial charge in [-0.2, -0.15) is 27.8 Å². The molecule has 0 aliphatic heterocycles. The number of rotatable bonds is 3. The van der Waals surface area contributed by atoms with E-state index in [4.69, 9.17) is 0 Å². The smallest absolute Gasteiger partial charge is 0.314 e. The fraction of sp³-hybridized carbons (Fsp3) is 0. The van der Waals surface area contributed by atoms with E-state index in [2.05, 4.69) is 20.3 Å². The summed E-state index contributed by atoms with van der Waals surface area (Å²) in [6.45, 7) is 0. The topological polar surface area (TPSA) is 105 Å². The average molecular weight is 319 g/mol. The molecule has 1 aromatic heterocycles. The maximum Gasteiger partial charge on any atom is 0.314 e. The molecule has 0 fully saturated rings. The Morgan fingerprint density at radius 2 is 1.91 bits per heavy atom. The first kappa shape index (κ1) is 14.3. The minimum absolute atomic E-state index is 0.0141. The van der Waals surface area contributed by atoms with Crippen LogP contribution in [-0.2, 0) is 10.1 Å². The number of hydrogen-bond donors (Lipinski definition) is 2. The molecule has 0 amide bonds. The van der Waals surface area contributed by atoms with Gasteiger partial charge in [-0.05, 0) is 11.5 Å². The van der Waals surface area contributed by atoms with Crippen LogP contribution in [0.1, 0.15) is 0 Å². The summed E-state index contributed by atoms with van der Waals surface area (Å²) < 4.78 is 45.9. The van der Waals surface area contributed by atoms with E-state index in [0.717, 1.165) is 0 Å². The van der Waals surface area contributed by atoms with Crippen LogP contribution in [0.2, 0.25) is 0 Å². The highest BCUT2D eigenvalue weighted by molar-refractivity contribution is 7.86. The molecule has 0 aliphatic carbocycles. The van der Waals surface area contributed by atoms with E-state index in [9.17, 15) is 17.4 Å². The molecule has 1 radical (unpaired) electrons. The van der Waals surface area contributed by atoms with Gasteiger partial charge in [0.15, 0.2) is 0 Å². The lowest BCUT2D eigenvalue weighted by atomic mass is 10.1. The maximum absolute atomic E-state index is 13.0. The highest BCUT2D eigenvalue weighted by Gasteiger charge is 2.20. The first-order valence-corrected chi connectivity index (χ1v) is 7.43. The molecule has 3 aromatic rings. The van der Waals surface area contributed by atoms with Gasteiger partial charge in [0.05, 0.1) is 5.69 Å². The van der Waals surface area contributed by atoms with Crippen molar-refractivity contribution in [3.63, 3.8) is 0 Å². The molecular weight excluding hydrogens is 311 g/mol. The lowest BCUT2D eigenvalue weighted by molar-refractivity contribution is 0.484. The summed E-state index contributed by atoms with van der Waals surface area (Å²) in [5.74, 6) is -0.229. The molecule has 22 heavy (non-hydrogen) atoms. The van der Waals surface area contributed by atoms with Crippen molar-refractivity contribution in [3.05, 3.63) is 48.8 Å². The molecule has 0 unspecified atom stereocenters. The Bertz CT molecular complexity index is 962. The number of fused-ring (bicyclic) bond motifs is 1. The van der Waals surface area contributed by atoms with Crippen LogP contribution >= 0.6 is 0 Å². The lowest BCUT2D eigenvalue weighted by Crippen LogP contribution is -2.07. The zero-order valence-corrected chi connectivity index (χ0v) is 11.7. The lowest BCUT2D eigenvalue weighted by Gasteiger charge is -2.11. The van der Waals surface area contributed by atoms with Gasteiger partial charge in [-0.1, -0.05) is 30.3 Å². The predicted molar refractivity (Wildman–Crippen MR) is 75.7 cm³/mol. The molecule has 0 aliphatic rings. The van der Waals surface area contributed by atoms with Crippen molar-refractivity contribution in [3.8, 4) is 0 Å². The van der Waals surface area contributed by atoms with Crippen LogP contribution < -0.4 is 5.32 Å². The van der Waals surface area contributed by atoms with Crippen molar-refractivity contribution in [2.45, 2.75) is 4.90 Å². The predicted octanol–water partition coefficient (Wildman–Crippen LogP) is 1.95. The third-order valence-corrected chi connectivity index (χ3v) is 3.84. The second-order valence-electron chi connectivity index (χ2n) is 4.29. The van der Waals surface area contributed by atoms with E-state index < -0.39 is 16.2 Å². The standard InChI is InChI=1S/C13H8FN4O3S/c14-12-15-7-16-13(18-12)17-10-6-5-8-3-1-2-4-9(8)11(10)22(19,20)21/h1-6H,(H,19,20,21)(H,15,16,17,18). The third-order valence-electron chi connectivity index (χ3n) is 2.88. The molecule has 7 nitrogen and oxygen atoms in total. The average Bonchev–Trinajstić information content (AvgIpc) is 2.45. The highest BCUT2D eigenvalue weighted by Crippen LogP contribution is 2.31. The normalized spacial score (nSPS) is 11.5. The number of nitrogens with zero attached hydrogens (tertiary/aromatic N) is 3. The Morgan fingerprint density at radius 3 is 2.64 bits per heavy atom. The highest BCUT2D eigenvalue weighted by atomic mass is 32.2. The van der Waals surface area contributed by atoms with Crippen molar-refractivity contribution in [1.29, 1.82) is 0 Å². The molecule has 1 heterocycles. The monoisotopic (exact) mass is 319 g/mol. The van der Waals surface area contributed by atoms with Gasteiger partial charge in [0.1, 0.15) is 4.90 Å². The second kappa shape index (κ2) is 5.28. The van der Waals surface area contributed by atoms with Crippen LogP contribution in [0, 0.1) is 12.4 Å². The van der Waals surface area contributed by atoms with Gasteiger partial charge < -0.3 is 5.32 Å². The molecule has 0 saturated carbocycles. The summed E-state index contributed by atoms with van der Waals surface area (Å²) in [5.41, 5.74) is 0.0141. The molecular formula is C13H8FN4O3S. The van der Waals surface area contributed by atoms with Crippen LogP contribution in [0.25, 0.3) is 10.8 Å². The molecule has 3 rings (SSSR count). The summed E-state index contributed by atoms with van der Waals surface area (Å²) in [6, 6.07) is 9.69. The molecule has 2 aromatic carbocycles. The summed E-state index contributed by atoms with van der Waals surface area (Å²) in [5, 5.41) is 3.47. The first-order valence-electron chi connectivity index (χ1n) is 5.99. The van der Waals surface area contributed by atoms with Crippen LogP contribution in [-0.4, -0.2) is 27.9 Å². The van der Waals surface area contributed by atoms with Crippen molar-refractivity contribution >= 4 is 32.5 Å². The minimum atomic E-state index is -4.53. The van der Waals surface area contributed by atoms with Gasteiger partial charge in [-0.25, -0.2) is 0 Å². The van der Waals surface area contributed by atoms with Crippen molar-refractivity contribution < 1.29 is 17.4 Å². The van der Waals surface area contributed by atoms with Crippen LogP contribution in [0.4, 0.5) is 16.0 Å². The van der Waals surface area contributed by atoms with Crippen LogP contribution in [0.15, 0.2) is 41.3 Å². The summed E-state index contributed by atoms with van der Waals surface area (Å²) in [7, 11) is -4.53. The molecule has 111 valence electrons. The zero-order chi connectivity index (χ0) is 15.7. The molecule has 2 N–H and O–H groups in total. The molecule has 0 saturated heterocycles. The Morgan fingerprint density at radius 1 is 1.14 bits per heavy atom. The summed E-state index contributed by atoms with van der Waals surface area (Å²) in [6.07, 6.45) is 0.970. The molecule has 0 bridgehead atoms. The summed E-state index contributed by atoms with van der Waals surface area (Å²) >= 11 is 0. The number of anilines is 2. The van der Waals surface area contributed by atoms with Gasteiger partial charge in [0.25, 0.3) is 10.1 Å². The number of hydrogen-bond acceptors (Lipinski definition) is 6. The van der Waals surface area contributed by atoms with E-state index in [0.29, 0.717) is 10.8 Å². The van der Waals surface area contributed by atoms with E-state index >= 15 is 0 Å². The maximum atomic E-state index is 13.0. The van der Waals surface area contributed by atoms with Crippen molar-refractivity contribution in [1.82, 2.24) is 15.0 Å². The van der Waals surface area contributed by atoms with Crippen LogP contribution in [0.5, 0.6) is 0 Å². The SMILES string of the molecule is O=S(=O)(O)c1c(Nc2n[c]nc(F)n2)ccc2ccccc12. The van der Waals surface area contributed by atoms with Gasteiger partial charge in [-0.3, -0.25) is 4.55 Å². The Labute approximate surface area is 124 Å². The van der Waals surface area contributed by atoms with Gasteiger partial charge in [0.2, 0.25) is 12.3 Å². The zero-order valence-electron chi connectivity index (χ0n) is 10.9. The van der Waals surface area contributed by atoms with Gasteiger partial charge >= 0.3 is 6.08 Å². The van der Waals surface area contributed by atoms with E-state index in [1.165, 1.54) is 6.07 Å². The van der Waals surface area contributed by atoms with E-state index in [1.54, 1.807) is 30.3 Å². The number of nitrogens with one attached hydrogen (secondary N) is 1. The molecule has 9 heteroatoms. The Hall–Kier alpha value is -2.65. The van der Waals surface area contributed by atoms with Crippen molar-refractivity contribution in [2.75, 3.05) is 5.32 Å². The fourth-order valence-electron chi connectivity index (χ4n) is 2.05. The number of benzene rings is 2. The van der Waals surface area contributed by atoms with E-state index in [1.807, 2.05) is 6.33 Å². The Kier molecular flexibility index (Phi) is 3.43. The second-order valence-corrected chi connectivity index (χ2v) is 5.65. The summed E-state index contributed by atoms with van der Waals surface area (Å²) in [4.78, 5) is 9.67. The van der Waals surface area contributed by atoms with E-state index in [-0.39, 0.29) is 16.5 Å². The third kappa shape index (κ3) is 2.71. The quantitative estimate of drug-likeness (QED) is 0.711.